The summed E-state index contributed by atoms with van der Waals surface area (Å²) in [5, 5.41) is 2.78. The molecule has 1 rings (SSSR count). The number of carbonyl (C=O) groups excluding carboxylic acids is 1. The highest BCUT2D eigenvalue weighted by molar-refractivity contribution is 5.81. The van der Waals surface area contributed by atoms with Gasteiger partial charge in [-0.15, -0.1) is 0 Å². The lowest BCUT2D eigenvalue weighted by Gasteiger charge is -2.22. The highest BCUT2D eigenvalue weighted by atomic mass is 16.5. The van der Waals surface area contributed by atoms with Crippen molar-refractivity contribution in [2.75, 3.05) is 36.9 Å². The van der Waals surface area contributed by atoms with Crippen LogP contribution in [0.4, 0.5) is 11.5 Å². The van der Waals surface area contributed by atoms with Gasteiger partial charge in [-0.05, 0) is 31.9 Å². The Bertz CT molecular complexity index is 463. The maximum absolute atomic E-state index is 11.7. The largest absolute Gasteiger partial charge is 0.476 e. The second-order valence-corrected chi connectivity index (χ2v) is 5.24. The van der Waals surface area contributed by atoms with Crippen LogP contribution in [0.5, 0.6) is 5.88 Å². The molecule has 0 bridgehead atoms. The van der Waals surface area contributed by atoms with Crippen LogP contribution in [0.2, 0.25) is 0 Å². The fraction of sp³-hybridized carbons (Fsp3) is 0.600. The third kappa shape index (κ3) is 5.49. The highest BCUT2D eigenvalue weighted by Crippen LogP contribution is 2.23. The summed E-state index contributed by atoms with van der Waals surface area (Å²) >= 11 is 0. The van der Waals surface area contributed by atoms with Crippen LogP contribution in [0, 0.1) is 5.92 Å². The third-order valence-corrected chi connectivity index (χ3v) is 2.84. The lowest BCUT2D eigenvalue weighted by atomic mass is 10.2. The van der Waals surface area contributed by atoms with Crippen LogP contribution in [0.25, 0.3) is 0 Å². The van der Waals surface area contributed by atoms with Crippen molar-refractivity contribution in [3.8, 4) is 5.88 Å². The minimum atomic E-state index is -0.0253. The zero-order chi connectivity index (χ0) is 15.8. The molecule has 0 spiro atoms. The number of aromatic nitrogens is 1. The van der Waals surface area contributed by atoms with Gasteiger partial charge < -0.3 is 20.7 Å². The van der Waals surface area contributed by atoms with Crippen molar-refractivity contribution in [3.63, 3.8) is 0 Å². The number of nitrogens with one attached hydrogen (secondary N) is 1. The molecule has 21 heavy (non-hydrogen) atoms. The van der Waals surface area contributed by atoms with E-state index in [1.54, 1.807) is 12.1 Å². The Kier molecular flexibility index (Phi) is 6.78. The van der Waals surface area contributed by atoms with Crippen LogP contribution in [-0.2, 0) is 4.79 Å². The van der Waals surface area contributed by atoms with E-state index >= 15 is 0 Å². The summed E-state index contributed by atoms with van der Waals surface area (Å²) in [6.07, 6.45) is 0. The van der Waals surface area contributed by atoms with E-state index in [0.717, 1.165) is 0 Å². The van der Waals surface area contributed by atoms with Gasteiger partial charge in [0.25, 0.3) is 0 Å². The van der Waals surface area contributed by atoms with Gasteiger partial charge >= 0.3 is 0 Å². The Hall–Kier alpha value is -1.98. The summed E-state index contributed by atoms with van der Waals surface area (Å²) in [4.78, 5) is 18.0. The molecule has 1 aromatic rings. The number of hydrogen-bond acceptors (Lipinski definition) is 5. The number of anilines is 2. The number of amides is 1. The average molecular weight is 294 g/mol. The molecule has 1 aromatic heterocycles. The molecule has 0 atom stereocenters. The number of likely N-dealkylation sites (N-methyl/N-ethyl adjacent to an activating group) is 2. The molecule has 0 aliphatic heterocycles. The summed E-state index contributed by atoms with van der Waals surface area (Å²) in [6.45, 7) is 10.1. The van der Waals surface area contributed by atoms with Gasteiger partial charge in [0.2, 0.25) is 11.8 Å². The van der Waals surface area contributed by atoms with Crippen LogP contribution in [0.3, 0.4) is 0 Å². The lowest BCUT2D eigenvalue weighted by Crippen LogP contribution is -2.37. The first-order valence-electron chi connectivity index (χ1n) is 7.38. The summed E-state index contributed by atoms with van der Waals surface area (Å²) < 4.78 is 5.62. The van der Waals surface area contributed by atoms with Crippen LogP contribution in [0.1, 0.15) is 27.7 Å². The van der Waals surface area contributed by atoms with E-state index in [1.807, 2.05) is 18.7 Å². The Morgan fingerprint density at radius 1 is 1.43 bits per heavy atom. The molecule has 118 valence electrons. The van der Waals surface area contributed by atoms with Crippen LogP contribution < -0.4 is 20.7 Å². The molecule has 0 aliphatic carbocycles. The van der Waals surface area contributed by atoms with Crippen molar-refractivity contribution in [2.24, 2.45) is 5.92 Å². The number of ether oxygens (including phenoxy) is 1. The molecule has 0 fully saturated rings. The van der Waals surface area contributed by atoms with Crippen LogP contribution in [0.15, 0.2) is 12.1 Å². The van der Waals surface area contributed by atoms with Crippen LogP contribution >= 0.6 is 0 Å². The maximum Gasteiger partial charge on any atom is 0.239 e. The van der Waals surface area contributed by atoms with Gasteiger partial charge in [-0.3, -0.25) is 4.79 Å². The summed E-state index contributed by atoms with van der Waals surface area (Å²) in [7, 11) is 0. The number of carbonyl (C=O) groups is 1. The standard InChI is InChI=1S/C15H26N4O2/c1-5-17-14(20)9-19(6-2)13-8-7-12(16)15(18-13)21-10-11(3)4/h7-8,11H,5-6,9-10,16H2,1-4H3,(H,17,20). The monoisotopic (exact) mass is 294 g/mol. The Morgan fingerprint density at radius 2 is 2.14 bits per heavy atom. The van der Waals surface area contributed by atoms with Gasteiger partial charge in [0.05, 0.1) is 18.8 Å². The maximum atomic E-state index is 11.7. The number of rotatable bonds is 8. The topological polar surface area (TPSA) is 80.5 Å². The molecule has 0 saturated carbocycles. The summed E-state index contributed by atoms with van der Waals surface area (Å²) in [5.41, 5.74) is 6.39. The Balaban J connectivity index is 2.84. The van der Waals surface area contributed by atoms with E-state index in [-0.39, 0.29) is 12.5 Å². The van der Waals surface area contributed by atoms with E-state index in [2.05, 4.69) is 24.1 Å². The Morgan fingerprint density at radius 3 is 2.71 bits per heavy atom. The fourth-order valence-corrected chi connectivity index (χ4v) is 1.76. The molecule has 0 unspecified atom stereocenters. The van der Waals surface area contributed by atoms with E-state index in [0.29, 0.717) is 43.0 Å². The summed E-state index contributed by atoms with van der Waals surface area (Å²) in [5.74, 6) is 1.49. The minimum absolute atomic E-state index is 0.0253. The number of nitrogens with zero attached hydrogens (tertiary/aromatic N) is 2. The molecular formula is C15H26N4O2. The van der Waals surface area contributed by atoms with Crippen molar-refractivity contribution in [1.29, 1.82) is 0 Å². The zero-order valence-corrected chi connectivity index (χ0v) is 13.3. The second-order valence-electron chi connectivity index (χ2n) is 5.24. The average Bonchev–Trinajstić information content (AvgIpc) is 2.44. The van der Waals surface area contributed by atoms with Gasteiger partial charge in [-0.25, -0.2) is 0 Å². The van der Waals surface area contributed by atoms with Gasteiger partial charge in [0.1, 0.15) is 5.82 Å². The first-order chi connectivity index (χ1) is 9.97. The SMILES string of the molecule is CCNC(=O)CN(CC)c1ccc(N)c(OCC(C)C)n1. The Labute approximate surface area is 126 Å². The van der Waals surface area contributed by atoms with E-state index in [9.17, 15) is 4.79 Å². The van der Waals surface area contributed by atoms with Crippen molar-refractivity contribution in [2.45, 2.75) is 27.7 Å². The normalized spacial score (nSPS) is 10.5. The molecule has 1 amide bonds. The predicted octanol–water partition coefficient (Wildman–Crippen LogP) is 1.66. The molecule has 0 aliphatic rings. The minimum Gasteiger partial charge on any atom is -0.476 e. The molecule has 6 nitrogen and oxygen atoms in total. The van der Waals surface area contributed by atoms with Gasteiger partial charge in [0.15, 0.2) is 0 Å². The second kappa shape index (κ2) is 8.34. The van der Waals surface area contributed by atoms with Crippen molar-refractivity contribution >= 4 is 17.4 Å². The van der Waals surface area contributed by atoms with E-state index in [4.69, 9.17) is 10.5 Å². The lowest BCUT2D eigenvalue weighted by molar-refractivity contribution is -0.119. The fourth-order valence-electron chi connectivity index (χ4n) is 1.76. The smallest absolute Gasteiger partial charge is 0.239 e. The number of nitrogen functional groups attached to an aromatic ring is 1. The van der Waals surface area contributed by atoms with Gasteiger partial charge in [-0.1, -0.05) is 13.8 Å². The molecule has 1 heterocycles. The number of nitrogens with two attached hydrogens (primary N) is 1. The molecule has 0 saturated heterocycles. The van der Waals surface area contributed by atoms with Crippen molar-refractivity contribution in [3.05, 3.63) is 12.1 Å². The molecular weight excluding hydrogens is 268 g/mol. The number of pyridine rings is 1. The van der Waals surface area contributed by atoms with Gasteiger partial charge in [-0.2, -0.15) is 4.98 Å². The molecule has 6 heteroatoms. The van der Waals surface area contributed by atoms with E-state index in [1.165, 1.54) is 0 Å². The van der Waals surface area contributed by atoms with E-state index < -0.39 is 0 Å². The molecule has 3 N–H and O–H groups in total. The van der Waals surface area contributed by atoms with Crippen molar-refractivity contribution in [1.82, 2.24) is 10.3 Å². The molecule has 0 radical (unpaired) electrons. The summed E-state index contributed by atoms with van der Waals surface area (Å²) in [6, 6.07) is 3.57. The predicted molar refractivity (Wildman–Crippen MR) is 85.6 cm³/mol. The van der Waals surface area contributed by atoms with Crippen molar-refractivity contribution < 1.29 is 9.53 Å². The van der Waals surface area contributed by atoms with Crippen LogP contribution in [-0.4, -0.2) is 37.1 Å². The first-order valence-corrected chi connectivity index (χ1v) is 7.38. The zero-order valence-electron chi connectivity index (χ0n) is 13.3. The van der Waals surface area contributed by atoms with Gasteiger partial charge in [0, 0.05) is 13.1 Å². The highest BCUT2D eigenvalue weighted by Gasteiger charge is 2.13. The first kappa shape index (κ1) is 17.1. The number of hydrogen-bond donors (Lipinski definition) is 2. The quantitative estimate of drug-likeness (QED) is 0.762. The third-order valence-electron chi connectivity index (χ3n) is 2.84. The molecule has 0 aromatic carbocycles.